The van der Waals surface area contributed by atoms with Crippen molar-refractivity contribution in [1.82, 2.24) is 4.72 Å². The molecule has 5 nitrogen and oxygen atoms in total. The van der Waals surface area contributed by atoms with Crippen molar-refractivity contribution in [2.45, 2.75) is 18.2 Å². The summed E-state index contributed by atoms with van der Waals surface area (Å²) in [5, 5.41) is 8.46. The molecule has 1 rings (SSSR count). The van der Waals surface area contributed by atoms with Crippen molar-refractivity contribution >= 4 is 47.9 Å². The van der Waals surface area contributed by atoms with Gasteiger partial charge in [0.05, 0.1) is 11.3 Å². The molecule has 0 atom stereocenters. The first kappa shape index (κ1) is 15.6. The van der Waals surface area contributed by atoms with Crippen molar-refractivity contribution in [2.24, 2.45) is 0 Å². The van der Waals surface area contributed by atoms with Crippen molar-refractivity contribution in [1.29, 1.82) is 0 Å². The Balaban J connectivity index is 2.98. The third kappa shape index (κ3) is 4.04. The van der Waals surface area contributed by atoms with Crippen LogP contribution in [0.4, 0.5) is 0 Å². The maximum Gasteiger partial charge on any atom is 0.304 e. The normalized spacial score (nSPS) is 11.5. The Hall–Kier alpha value is -0.440. The maximum absolute atomic E-state index is 11.9. The number of aliphatic carboxylic acids is 1. The number of carboxylic acids is 1. The number of carboxylic acid groups (broad SMARTS) is 1. The number of nitrogens with one attached hydrogen (secondary N) is 1. The van der Waals surface area contributed by atoms with Crippen LogP contribution in [-0.4, -0.2) is 26.0 Å². The van der Waals surface area contributed by atoms with Gasteiger partial charge in [-0.2, -0.15) is 0 Å². The minimum Gasteiger partial charge on any atom is -0.481 e. The summed E-state index contributed by atoms with van der Waals surface area (Å²) < 4.78 is 27.2. The summed E-state index contributed by atoms with van der Waals surface area (Å²) in [6.07, 6.45) is -0.260. The molecule has 0 aliphatic heterocycles. The van der Waals surface area contributed by atoms with Crippen LogP contribution in [0.15, 0.2) is 26.0 Å². The predicted octanol–water partition coefficient (Wildman–Crippen LogP) is 2.27. The van der Waals surface area contributed by atoms with E-state index in [0.717, 1.165) is 5.56 Å². The van der Waals surface area contributed by atoms with Crippen molar-refractivity contribution < 1.29 is 18.3 Å². The highest BCUT2D eigenvalue weighted by Crippen LogP contribution is 2.28. The Kier molecular flexibility index (Phi) is 5.32. The number of aryl methyl sites for hydroxylation is 1. The molecule has 2 N–H and O–H groups in total. The second-order valence-electron chi connectivity index (χ2n) is 3.57. The lowest BCUT2D eigenvalue weighted by Gasteiger charge is -2.09. The average molecular weight is 401 g/mol. The smallest absolute Gasteiger partial charge is 0.304 e. The van der Waals surface area contributed by atoms with Crippen molar-refractivity contribution in [3.63, 3.8) is 0 Å². The van der Waals surface area contributed by atoms with Gasteiger partial charge in [-0.15, -0.1) is 0 Å². The summed E-state index contributed by atoms with van der Waals surface area (Å²) >= 11 is 6.44. The molecular formula is C10H11Br2NO4S. The zero-order valence-electron chi connectivity index (χ0n) is 9.41. The molecule has 0 heterocycles. The molecule has 0 bridgehead atoms. The quantitative estimate of drug-likeness (QED) is 0.794. The van der Waals surface area contributed by atoms with E-state index in [-0.39, 0.29) is 17.9 Å². The third-order valence-corrected chi connectivity index (χ3v) is 5.41. The SMILES string of the molecule is Cc1cc(Br)c(S(=O)(=O)NCCC(=O)O)cc1Br. The molecule has 0 amide bonds. The average Bonchev–Trinajstić information content (AvgIpc) is 2.22. The third-order valence-electron chi connectivity index (χ3n) is 2.13. The fraction of sp³-hybridized carbons (Fsp3) is 0.300. The number of sulfonamides is 1. The van der Waals surface area contributed by atoms with Gasteiger partial charge in [0.1, 0.15) is 0 Å². The van der Waals surface area contributed by atoms with Crippen LogP contribution in [0.2, 0.25) is 0 Å². The second kappa shape index (κ2) is 6.14. The number of halogens is 2. The first-order chi connectivity index (χ1) is 8.24. The minimum atomic E-state index is -3.72. The second-order valence-corrected chi connectivity index (χ2v) is 7.02. The summed E-state index contributed by atoms with van der Waals surface area (Å²) in [7, 11) is -3.72. The molecule has 100 valence electrons. The molecule has 18 heavy (non-hydrogen) atoms. The van der Waals surface area contributed by atoms with Gasteiger partial charge < -0.3 is 5.11 Å². The highest BCUT2D eigenvalue weighted by molar-refractivity contribution is 9.11. The summed E-state index contributed by atoms with van der Waals surface area (Å²) in [4.78, 5) is 10.4. The Bertz CT molecular complexity index is 571. The maximum atomic E-state index is 11.9. The van der Waals surface area contributed by atoms with Crippen molar-refractivity contribution in [3.05, 3.63) is 26.6 Å². The first-order valence-corrected chi connectivity index (χ1v) is 7.98. The number of hydrogen-bond acceptors (Lipinski definition) is 3. The molecule has 0 radical (unpaired) electrons. The van der Waals surface area contributed by atoms with Crippen LogP contribution in [-0.2, 0) is 14.8 Å². The molecule has 1 aromatic carbocycles. The summed E-state index contributed by atoms with van der Waals surface area (Å²) in [5.41, 5.74) is 0.895. The Morgan fingerprint density at radius 1 is 1.33 bits per heavy atom. The molecule has 0 aliphatic carbocycles. The predicted molar refractivity (Wildman–Crippen MR) is 74.0 cm³/mol. The molecule has 0 unspecified atom stereocenters. The van der Waals surface area contributed by atoms with Gasteiger partial charge in [0.15, 0.2) is 0 Å². The number of rotatable bonds is 5. The van der Waals surface area contributed by atoms with E-state index >= 15 is 0 Å². The van der Waals surface area contributed by atoms with Gasteiger partial charge in [-0.1, -0.05) is 15.9 Å². The van der Waals surface area contributed by atoms with Crippen LogP contribution < -0.4 is 4.72 Å². The topological polar surface area (TPSA) is 83.5 Å². The van der Waals surface area contributed by atoms with E-state index in [2.05, 4.69) is 36.6 Å². The number of hydrogen-bond donors (Lipinski definition) is 2. The number of benzene rings is 1. The summed E-state index contributed by atoms with van der Waals surface area (Å²) in [6.45, 7) is 1.69. The summed E-state index contributed by atoms with van der Waals surface area (Å²) in [6, 6.07) is 3.15. The highest BCUT2D eigenvalue weighted by Gasteiger charge is 2.18. The fourth-order valence-electron chi connectivity index (χ4n) is 1.20. The van der Waals surface area contributed by atoms with Crippen LogP contribution in [0.5, 0.6) is 0 Å². The van der Waals surface area contributed by atoms with Crippen LogP contribution in [0.1, 0.15) is 12.0 Å². The van der Waals surface area contributed by atoms with E-state index in [9.17, 15) is 13.2 Å². The lowest BCUT2D eigenvalue weighted by atomic mass is 10.2. The molecule has 0 saturated carbocycles. The molecule has 0 spiro atoms. The largest absolute Gasteiger partial charge is 0.481 e. The first-order valence-electron chi connectivity index (χ1n) is 4.91. The van der Waals surface area contributed by atoms with Crippen LogP contribution in [0.3, 0.4) is 0 Å². The van der Waals surface area contributed by atoms with Gasteiger partial charge in [-0.05, 0) is 40.5 Å². The van der Waals surface area contributed by atoms with Gasteiger partial charge in [0, 0.05) is 15.5 Å². The molecule has 0 saturated heterocycles. The van der Waals surface area contributed by atoms with Gasteiger partial charge >= 0.3 is 5.97 Å². The van der Waals surface area contributed by atoms with Gasteiger partial charge in [0.2, 0.25) is 10.0 Å². The lowest BCUT2D eigenvalue weighted by Crippen LogP contribution is -2.26. The fourth-order valence-corrected chi connectivity index (χ4v) is 3.91. The van der Waals surface area contributed by atoms with Crippen molar-refractivity contribution in [3.8, 4) is 0 Å². The lowest BCUT2D eigenvalue weighted by molar-refractivity contribution is -0.136. The molecule has 8 heteroatoms. The molecule has 0 aromatic heterocycles. The minimum absolute atomic E-state index is 0.0744. The highest BCUT2D eigenvalue weighted by atomic mass is 79.9. The monoisotopic (exact) mass is 399 g/mol. The van der Waals surface area contributed by atoms with Crippen LogP contribution >= 0.6 is 31.9 Å². The Morgan fingerprint density at radius 3 is 2.50 bits per heavy atom. The van der Waals surface area contributed by atoms with E-state index < -0.39 is 16.0 Å². The zero-order chi connectivity index (χ0) is 13.9. The molecule has 0 aliphatic rings. The molecular weight excluding hydrogens is 390 g/mol. The Labute approximate surface area is 122 Å². The van der Waals surface area contributed by atoms with Crippen LogP contribution in [0.25, 0.3) is 0 Å². The van der Waals surface area contributed by atoms with E-state index in [4.69, 9.17) is 5.11 Å². The summed E-state index contributed by atoms with van der Waals surface area (Å²) in [5.74, 6) is -1.05. The van der Waals surface area contributed by atoms with Crippen LogP contribution in [0, 0.1) is 6.92 Å². The zero-order valence-corrected chi connectivity index (χ0v) is 13.4. The molecule has 0 fully saturated rings. The van der Waals surface area contributed by atoms with E-state index in [0.29, 0.717) is 8.95 Å². The number of carbonyl (C=O) groups is 1. The van der Waals surface area contributed by atoms with Gasteiger partial charge in [0.25, 0.3) is 0 Å². The van der Waals surface area contributed by atoms with Gasteiger partial charge in [-0.3, -0.25) is 4.79 Å². The standard InChI is InChI=1S/C10H11Br2NO4S/c1-6-4-8(12)9(5-7(6)11)18(16,17)13-3-2-10(14)15/h4-5,13H,2-3H2,1H3,(H,14,15). The van der Waals surface area contributed by atoms with Gasteiger partial charge in [-0.25, -0.2) is 13.1 Å². The van der Waals surface area contributed by atoms with E-state index in [1.165, 1.54) is 6.07 Å². The Morgan fingerprint density at radius 2 is 1.94 bits per heavy atom. The van der Waals surface area contributed by atoms with Crippen molar-refractivity contribution in [2.75, 3.05) is 6.54 Å². The van der Waals surface area contributed by atoms with E-state index in [1.54, 1.807) is 6.07 Å². The van der Waals surface area contributed by atoms with E-state index in [1.807, 2.05) is 6.92 Å². The molecule has 1 aromatic rings.